The number of hydrazone groups is 1. The zero-order valence-electron chi connectivity index (χ0n) is 15.6. The highest BCUT2D eigenvalue weighted by Crippen LogP contribution is 2.23. The first-order valence-corrected chi connectivity index (χ1v) is 9.34. The molecule has 142 valence electrons. The molecule has 2 aromatic carbocycles. The zero-order chi connectivity index (χ0) is 19.6. The third kappa shape index (κ3) is 6.53. The summed E-state index contributed by atoms with van der Waals surface area (Å²) in [6, 6.07) is 15.0. The molecule has 2 amide bonds. The number of hydrogen-bond donors (Lipinski definition) is 2. The summed E-state index contributed by atoms with van der Waals surface area (Å²) in [6.07, 6.45) is 1.81. The second kappa shape index (κ2) is 10.5. The van der Waals surface area contributed by atoms with Crippen molar-refractivity contribution in [3.05, 3.63) is 64.7 Å². The van der Waals surface area contributed by atoms with Crippen molar-refractivity contribution in [1.29, 1.82) is 0 Å². The zero-order valence-corrected chi connectivity index (χ0v) is 16.3. The Hall–Kier alpha value is -2.66. The quantitative estimate of drug-likeness (QED) is 0.511. The lowest BCUT2D eigenvalue weighted by Crippen LogP contribution is -2.22. The Morgan fingerprint density at radius 3 is 2.37 bits per heavy atom. The van der Waals surface area contributed by atoms with Crippen LogP contribution in [0.15, 0.2) is 53.6 Å². The fraction of sp³-hybridized carbons (Fsp3) is 0.286. The van der Waals surface area contributed by atoms with Crippen molar-refractivity contribution in [2.24, 2.45) is 5.10 Å². The van der Waals surface area contributed by atoms with Crippen LogP contribution in [0.2, 0.25) is 5.02 Å². The average Bonchev–Trinajstić information content (AvgIpc) is 2.68. The molecule has 0 unspecified atom stereocenters. The molecule has 0 spiro atoms. The van der Waals surface area contributed by atoms with Crippen molar-refractivity contribution in [2.45, 2.75) is 39.5 Å². The van der Waals surface area contributed by atoms with Crippen molar-refractivity contribution in [1.82, 2.24) is 5.43 Å². The summed E-state index contributed by atoms with van der Waals surface area (Å²) < 4.78 is 0. The summed E-state index contributed by atoms with van der Waals surface area (Å²) in [4.78, 5) is 24.1. The Kier molecular flexibility index (Phi) is 8.01. The fourth-order valence-corrected chi connectivity index (χ4v) is 2.68. The Morgan fingerprint density at radius 1 is 0.963 bits per heavy atom. The highest BCUT2D eigenvalue weighted by molar-refractivity contribution is 6.31. The Balaban J connectivity index is 1.87. The molecule has 2 N–H and O–H groups in total. The first kappa shape index (κ1) is 20.6. The summed E-state index contributed by atoms with van der Waals surface area (Å²) in [5, 5.41) is 7.60. The molecule has 0 saturated heterocycles. The molecule has 0 heterocycles. The van der Waals surface area contributed by atoms with E-state index in [1.54, 1.807) is 18.2 Å². The van der Waals surface area contributed by atoms with Gasteiger partial charge in [0.1, 0.15) is 0 Å². The molecule has 2 rings (SSSR count). The molecule has 0 atom stereocenters. The van der Waals surface area contributed by atoms with E-state index >= 15 is 0 Å². The van der Waals surface area contributed by atoms with Crippen molar-refractivity contribution < 1.29 is 9.59 Å². The van der Waals surface area contributed by atoms with Crippen molar-refractivity contribution in [3.8, 4) is 0 Å². The van der Waals surface area contributed by atoms with Gasteiger partial charge in [-0.3, -0.25) is 9.59 Å². The van der Waals surface area contributed by atoms with E-state index in [0.29, 0.717) is 10.7 Å². The van der Waals surface area contributed by atoms with Crippen molar-refractivity contribution in [3.63, 3.8) is 0 Å². The van der Waals surface area contributed by atoms with Crippen molar-refractivity contribution >= 4 is 34.8 Å². The smallest absolute Gasteiger partial charge is 0.240 e. The van der Waals surface area contributed by atoms with Crippen LogP contribution in [-0.2, 0) is 9.59 Å². The standard InChI is InChI=1S/C21H24ClN3O2/c1-3-8-19(16-9-5-4-6-10-16)24-25-21(27)14-13-20(26)23-18-12-7-11-17(22)15(18)2/h4-7,9-12H,3,8,13-14H2,1-2H3,(H,23,26)(H,25,27). The average molecular weight is 386 g/mol. The molecular weight excluding hydrogens is 362 g/mol. The molecule has 0 fully saturated rings. The Bertz CT molecular complexity index is 819. The lowest BCUT2D eigenvalue weighted by atomic mass is 10.1. The molecule has 0 aliphatic carbocycles. The normalized spacial score (nSPS) is 11.1. The van der Waals surface area contributed by atoms with Gasteiger partial charge in [0.15, 0.2) is 0 Å². The third-order valence-corrected chi connectivity index (χ3v) is 4.44. The minimum absolute atomic E-state index is 0.0587. The number of nitrogens with zero attached hydrogens (tertiary/aromatic N) is 1. The number of carbonyl (C=O) groups is 2. The van der Waals surface area contributed by atoms with Gasteiger partial charge in [-0.05, 0) is 36.6 Å². The topological polar surface area (TPSA) is 70.6 Å². The number of anilines is 1. The number of rotatable bonds is 8. The molecule has 0 saturated carbocycles. The van der Waals surface area contributed by atoms with Gasteiger partial charge in [0.05, 0.1) is 5.71 Å². The summed E-state index contributed by atoms with van der Waals surface area (Å²) >= 11 is 6.04. The van der Waals surface area contributed by atoms with Gasteiger partial charge in [-0.2, -0.15) is 5.10 Å². The molecule has 27 heavy (non-hydrogen) atoms. The number of benzene rings is 2. The summed E-state index contributed by atoms with van der Waals surface area (Å²) in [5.74, 6) is -0.533. The maximum absolute atomic E-state index is 12.1. The lowest BCUT2D eigenvalue weighted by molar-refractivity contribution is -0.124. The second-order valence-electron chi connectivity index (χ2n) is 6.17. The largest absolute Gasteiger partial charge is 0.326 e. The number of carbonyl (C=O) groups excluding carboxylic acids is 2. The Morgan fingerprint density at radius 2 is 1.67 bits per heavy atom. The number of halogens is 1. The predicted molar refractivity (Wildman–Crippen MR) is 110 cm³/mol. The fourth-order valence-electron chi connectivity index (χ4n) is 2.50. The van der Waals surface area contributed by atoms with Gasteiger partial charge in [-0.1, -0.05) is 61.3 Å². The molecule has 0 aromatic heterocycles. The minimum Gasteiger partial charge on any atom is -0.326 e. The molecule has 5 nitrogen and oxygen atoms in total. The van der Waals surface area contributed by atoms with Crippen LogP contribution in [0.5, 0.6) is 0 Å². The highest BCUT2D eigenvalue weighted by atomic mass is 35.5. The maximum Gasteiger partial charge on any atom is 0.240 e. The monoisotopic (exact) mass is 385 g/mol. The first-order chi connectivity index (χ1) is 13.0. The highest BCUT2D eigenvalue weighted by Gasteiger charge is 2.10. The van der Waals surface area contributed by atoms with Gasteiger partial charge in [-0.15, -0.1) is 0 Å². The SMILES string of the molecule is CCCC(=NNC(=O)CCC(=O)Nc1cccc(Cl)c1C)c1ccccc1. The van der Waals surface area contributed by atoms with E-state index in [9.17, 15) is 9.59 Å². The predicted octanol–water partition coefficient (Wildman–Crippen LogP) is 4.69. The molecule has 0 aliphatic rings. The molecule has 0 radical (unpaired) electrons. The molecule has 0 bridgehead atoms. The van der Waals surface area contributed by atoms with Crippen LogP contribution in [0.1, 0.15) is 43.7 Å². The maximum atomic E-state index is 12.1. The van der Waals surface area contributed by atoms with Gasteiger partial charge in [0, 0.05) is 23.6 Å². The van der Waals surface area contributed by atoms with Gasteiger partial charge in [0.25, 0.3) is 0 Å². The van der Waals surface area contributed by atoms with Crippen LogP contribution in [0.3, 0.4) is 0 Å². The molecule has 2 aromatic rings. The van der Waals surface area contributed by atoms with Crippen LogP contribution >= 0.6 is 11.6 Å². The number of hydrogen-bond acceptors (Lipinski definition) is 3. The summed E-state index contributed by atoms with van der Waals surface area (Å²) in [6.45, 7) is 3.89. The van der Waals surface area contributed by atoms with Crippen LogP contribution in [-0.4, -0.2) is 17.5 Å². The van der Waals surface area contributed by atoms with E-state index in [2.05, 4.69) is 22.8 Å². The van der Waals surface area contributed by atoms with Gasteiger partial charge in [0.2, 0.25) is 11.8 Å². The molecular formula is C21H24ClN3O2. The number of amides is 2. The molecule has 6 heteroatoms. The summed E-state index contributed by atoms with van der Waals surface area (Å²) in [5.41, 5.74) is 5.81. The van der Waals surface area contributed by atoms with E-state index in [1.807, 2.05) is 37.3 Å². The van der Waals surface area contributed by atoms with Crippen molar-refractivity contribution in [2.75, 3.05) is 5.32 Å². The van der Waals surface area contributed by atoms with E-state index in [4.69, 9.17) is 11.6 Å². The van der Waals surface area contributed by atoms with Crippen LogP contribution in [0, 0.1) is 6.92 Å². The first-order valence-electron chi connectivity index (χ1n) is 8.97. The molecule has 0 aliphatic heterocycles. The third-order valence-electron chi connectivity index (χ3n) is 4.03. The van der Waals surface area contributed by atoms with Crippen LogP contribution in [0.25, 0.3) is 0 Å². The van der Waals surface area contributed by atoms with E-state index in [0.717, 1.165) is 29.7 Å². The lowest BCUT2D eigenvalue weighted by Gasteiger charge is -2.09. The number of nitrogens with one attached hydrogen (secondary N) is 2. The van der Waals surface area contributed by atoms with Gasteiger partial charge in [-0.25, -0.2) is 5.43 Å². The van der Waals surface area contributed by atoms with Gasteiger partial charge >= 0.3 is 0 Å². The van der Waals surface area contributed by atoms with E-state index < -0.39 is 0 Å². The van der Waals surface area contributed by atoms with E-state index in [1.165, 1.54) is 0 Å². The van der Waals surface area contributed by atoms with Crippen LogP contribution < -0.4 is 10.7 Å². The summed E-state index contributed by atoms with van der Waals surface area (Å²) in [7, 11) is 0. The van der Waals surface area contributed by atoms with E-state index in [-0.39, 0.29) is 24.7 Å². The van der Waals surface area contributed by atoms with Crippen LogP contribution in [0.4, 0.5) is 5.69 Å². The van der Waals surface area contributed by atoms with Gasteiger partial charge < -0.3 is 5.32 Å². The Labute approximate surface area is 164 Å². The second-order valence-corrected chi connectivity index (χ2v) is 6.58. The minimum atomic E-state index is -0.294.